The van der Waals surface area contributed by atoms with Gasteiger partial charge >= 0.3 is 5.97 Å². The molecule has 0 unspecified atom stereocenters. The molecule has 0 aliphatic carbocycles. The smallest absolute Gasteiger partial charge is 0.321 e. The number of benzene rings is 1. The van der Waals surface area contributed by atoms with Gasteiger partial charge in [-0.1, -0.05) is 6.07 Å². The third kappa shape index (κ3) is 2.77. The number of hydrogen-bond donors (Lipinski definition) is 1. The number of ether oxygens (including phenoxy) is 1. The van der Waals surface area contributed by atoms with Crippen LogP contribution in [0, 0.1) is 5.82 Å². The Morgan fingerprint density at radius 2 is 2.11 bits per heavy atom. The van der Waals surface area contributed by atoms with Gasteiger partial charge in [0.2, 0.25) is 10.0 Å². The van der Waals surface area contributed by atoms with Crippen LogP contribution < -0.4 is 5.73 Å². The Kier molecular flexibility index (Phi) is 4.25. The summed E-state index contributed by atoms with van der Waals surface area (Å²) in [7, 11) is -1.91. The topological polar surface area (TPSA) is 89.7 Å². The Labute approximate surface area is 104 Å². The van der Waals surface area contributed by atoms with Crippen molar-refractivity contribution in [2.24, 2.45) is 0 Å². The first-order valence-electron chi connectivity index (χ1n) is 4.88. The van der Waals surface area contributed by atoms with Gasteiger partial charge in [-0.25, -0.2) is 12.8 Å². The lowest BCUT2D eigenvalue weighted by Gasteiger charge is -2.17. The number of likely N-dealkylation sites (N-methyl/N-ethyl adjacent to an activating group) is 1. The number of rotatable bonds is 4. The Morgan fingerprint density at radius 1 is 1.50 bits per heavy atom. The van der Waals surface area contributed by atoms with Crippen LogP contribution in [0.25, 0.3) is 0 Å². The number of nitrogens with zero attached hydrogens (tertiary/aromatic N) is 1. The molecule has 0 atom stereocenters. The van der Waals surface area contributed by atoms with E-state index in [1.165, 1.54) is 12.1 Å². The van der Waals surface area contributed by atoms with E-state index in [0.717, 1.165) is 20.2 Å². The maximum Gasteiger partial charge on any atom is 0.321 e. The predicted octanol–water partition coefficient (Wildman–Crippen LogP) is 0.201. The fourth-order valence-electron chi connectivity index (χ4n) is 1.28. The number of halogens is 1. The first-order valence-corrected chi connectivity index (χ1v) is 6.32. The van der Waals surface area contributed by atoms with Crippen molar-refractivity contribution in [3.8, 4) is 0 Å². The van der Waals surface area contributed by atoms with E-state index in [2.05, 4.69) is 4.74 Å². The second-order valence-electron chi connectivity index (χ2n) is 3.50. The predicted molar refractivity (Wildman–Crippen MR) is 62.6 cm³/mol. The van der Waals surface area contributed by atoms with Crippen molar-refractivity contribution >= 4 is 21.7 Å². The number of nitrogen functional groups attached to an aromatic ring is 1. The molecule has 1 aromatic carbocycles. The number of carbonyl (C=O) groups excluding carboxylic acids is 1. The molecule has 8 heteroatoms. The number of nitrogens with two attached hydrogens (primary N) is 1. The zero-order valence-corrected chi connectivity index (χ0v) is 10.7. The monoisotopic (exact) mass is 276 g/mol. The van der Waals surface area contributed by atoms with Crippen LogP contribution in [-0.4, -0.2) is 39.4 Å². The minimum Gasteiger partial charge on any atom is -0.468 e. The second-order valence-corrected chi connectivity index (χ2v) is 5.48. The van der Waals surface area contributed by atoms with E-state index in [1.54, 1.807) is 0 Å². The molecule has 100 valence electrons. The molecule has 0 saturated carbocycles. The minimum atomic E-state index is -4.17. The van der Waals surface area contributed by atoms with Crippen LogP contribution in [0.5, 0.6) is 0 Å². The van der Waals surface area contributed by atoms with E-state index in [0.29, 0.717) is 4.31 Å². The molecule has 0 amide bonds. The molecule has 0 spiro atoms. The van der Waals surface area contributed by atoms with Gasteiger partial charge in [-0.05, 0) is 12.1 Å². The number of carbonyl (C=O) groups is 1. The average molecular weight is 276 g/mol. The van der Waals surface area contributed by atoms with Gasteiger partial charge in [0.1, 0.15) is 17.3 Å². The third-order valence-corrected chi connectivity index (χ3v) is 4.14. The first kappa shape index (κ1) is 14.4. The highest BCUT2D eigenvalue weighted by molar-refractivity contribution is 7.89. The molecule has 1 aromatic rings. The lowest BCUT2D eigenvalue weighted by Crippen LogP contribution is -2.33. The van der Waals surface area contributed by atoms with E-state index in [-0.39, 0.29) is 5.69 Å². The summed E-state index contributed by atoms with van der Waals surface area (Å²) in [5.74, 6) is -1.72. The quantitative estimate of drug-likeness (QED) is 0.627. The summed E-state index contributed by atoms with van der Waals surface area (Å²) >= 11 is 0. The van der Waals surface area contributed by atoms with Gasteiger partial charge < -0.3 is 10.5 Å². The van der Waals surface area contributed by atoms with Gasteiger partial charge in [0, 0.05) is 7.05 Å². The molecular formula is C10H13FN2O4S. The molecule has 0 saturated heterocycles. The van der Waals surface area contributed by atoms with Gasteiger partial charge in [-0.3, -0.25) is 4.79 Å². The van der Waals surface area contributed by atoms with Crippen molar-refractivity contribution in [2.75, 3.05) is 26.4 Å². The molecule has 0 aliphatic heterocycles. The van der Waals surface area contributed by atoms with Crippen molar-refractivity contribution < 1.29 is 22.3 Å². The molecule has 0 aromatic heterocycles. The van der Waals surface area contributed by atoms with Gasteiger partial charge in [0.15, 0.2) is 0 Å². The van der Waals surface area contributed by atoms with Crippen molar-refractivity contribution in [1.29, 1.82) is 0 Å². The molecule has 0 radical (unpaired) electrons. The lowest BCUT2D eigenvalue weighted by molar-refractivity contribution is -0.140. The fraction of sp³-hybridized carbons (Fsp3) is 0.300. The summed E-state index contributed by atoms with van der Waals surface area (Å²) in [6.07, 6.45) is 0. The molecule has 0 heterocycles. The zero-order chi connectivity index (χ0) is 13.9. The standard InChI is InChI=1S/C10H13FN2O4S/c1-13(6-9(14)17-2)18(15,16)10-7(11)4-3-5-8(10)12/h3-5H,6,12H2,1-2H3. The summed E-state index contributed by atoms with van der Waals surface area (Å²) in [5, 5.41) is 0. The second kappa shape index (κ2) is 5.32. The normalized spacial score (nSPS) is 11.6. The Morgan fingerprint density at radius 3 is 2.61 bits per heavy atom. The molecular weight excluding hydrogens is 263 g/mol. The van der Waals surface area contributed by atoms with Crippen molar-refractivity contribution in [2.45, 2.75) is 4.90 Å². The van der Waals surface area contributed by atoms with E-state index in [9.17, 15) is 17.6 Å². The highest BCUT2D eigenvalue weighted by atomic mass is 32.2. The summed E-state index contributed by atoms with van der Waals surface area (Å²) in [6, 6.07) is 3.54. The van der Waals surface area contributed by atoms with E-state index in [1.807, 2.05) is 0 Å². The first-order chi connectivity index (χ1) is 8.30. The number of sulfonamides is 1. The zero-order valence-electron chi connectivity index (χ0n) is 9.88. The van der Waals surface area contributed by atoms with Crippen LogP contribution >= 0.6 is 0 Å². The highest BCUT2D eigenvalue weighted by Gasteiger charge is 2.28. The summed E-state index contributed by atoms with van der Waals surface area (Å²) in [4.78, 5) is 10.4. The van der Waals surface area contributed by atoms with Crippen LogP contribution in [-0.2, 0) is 19.6 Å². The van der Waals surface area contributed by atoms with E-state index >= 15 is 0 Å². The lowest BCUT2D eigenvalue weighted by atomic mass is 10.3. The molecule has 0 bridgehead atoms. The SMILES string of the molecule is COC(=O)CN(C)S(=O)(=O)c1c(N)cccc1F. The summed E-state index contributed by atoms with van der Waals surface area (Å²) < 4.78 is 42.6. The number of anilines is 1. The maximum absolute atomic E-state index is 13.5. The van der Waals surface area contributed by atoms with E-state index < -0.39 is 33.3 Å². The van der Waals surface area contributed by atoms with Gasteiger partial charge in [0.25, 0.3) is 0 Å². The Hall–Kier alpha value is -1.67. The third-order valence-electron chi connectivity index (χ3n) is 2.25. The fourth-order valence-corrected chi connectivity index (χ4v) is 2.55. The number of methoxy groups -OCH3 is 1. The van der Waals surface area contributed by atoms with Gasteiger partial charge in [-0.2, -0.15) is 4.31 Å². The molecule has 18 heavy (non-hydrogen) atoms. The van der Waals surface area contributed by atoms with Crippen molar-refractivity contribution in [3.63, 3.8) is 0 Å². The van der Waals surface area contributed by atoms with Gasteiger partial charge in [-0.15, -0.1) is 0 Å². The molecule has 1 rings (SSSR count). The summed E-state index contributed by atoms with van der Waals surface area (Å²) in [5.41, 5.74) is 5.23. The van der Waals surface area contributed by atoms with Gasteiger partial charge in [0.05, 0.1) is 12.8 Å². The van der Waals surface area contributed by atoms with Crippen LogP contribution in [0.2, 0.25) is 0 Å². The number of esters is 1. The maximum atomic E-state index is 13.5. The molecule has 0 fully saturated rings. The van der Waals surface area contributed by atoms with Crippen LogP contribution in [0.15, 0.2) is 23.1 Å². The Balaban J connectivity index is 3.18. The van der Waals surface area contributed by atoms with Crippen molar-refractivity contribution in [1.82, 2.24) is 4.31 Å². The molecule has 0 aliphatic rings. The number of hydrogen-bond acceptors (Lipinski definition) is 5. The van der Waals surface area contributed by atoms with E-state index in [4.69, 9.17) is 5.73 Å². The summed E-state index contributed by atoms with van der Waals surface area (Å²) in [6.45, 7) is -0.521. The molecule has 6 nitrogen and oxygen atoms in total. The average Bonchev–Trinajstić information content (AvgIpc) is 2.28. The Bertz CT molecular complexity index is 539. The minimum absolute atomic E-state index is 0.216. The van der Waals surface area contributed by atoms with Crippen LogP contribution in [0.1, 0.15) is 0 Å². The largest absolute Gasteiger partial charge is 0.468 e. The van der Waals surface area contributed by atoms with Crippen LogP contribution in [0.4, 0.5) is 10.1 Å². The highest BCUT2D eigenvalue weighted by Crippen LogP contribution is 2.24. The molecule has 2 N–H and O–H groups in total. The van der Waals surface area contributed by atoms with Crippen LogP contribution in [0.3, 0.4) is 0 Å². The van der Waals surface area contributed by atoms with Crippen molar-refractivity contribution in [3.05, 3.63) is 24.0 Å².